The molecule has 0 aromatic carbocycles. The van der Waals surface area contributed by atoms with Crippen LogP contribution in [0.4, 0.5) is 0 Å². The van der Waals surface area contributed by atoms with E-state index in [-0.39, 0.29) is 12.8 Å². The average Bonchev–Trinajstić information content (AvgIpc) is 2.95. The smallest absolute Gasteiger partial charge is 0.333 e. The molecule has 1 amide bonds. The first-order chi connectivity index (χ1) is 10.4. The lowest BCUT2D eigenvalue weighted by atomic mass is 10.3. The third-order valence-corrected chi connectivity index (χ3v) is 2.86. The molecule has 1 aliphatic heterocycles. The largest absolute Gasteiger partial charge is 0.492 e. The lowest BCUT2D eigenvalue weighted by Crippen LogP contribution is -2.35. The van der Waals surface area contributed by atoms with E-state index < -0.39 is 48.7 Å². The monoisotopic (exact) mass is 314 g/mol. The van der Waals surface area contributed by atoms with Gasteiger partial charge in [0.05, 0.1) is 12.8 Å². The Balaban J connectivity index is 1.79. The van der Waals surface area contributed by atoms with Crippen molar-refractivity contribution in [2.24, 2.45) is 0 Å². The van der Waals surface area contributed by atoms with Gasteiger partial charge < -0.3 is 25.0 Å². The highest BCUT2D eigenvalue weighted by molar-refractivity contribution is 5.81. The van der Waals surface area contributed by atoms with Crippen LogP contribution in [-0.4, -0.2) is 49.2 Å². The van der Waals surface area contributed by atoms with Gasteiger partial charge in [-0.25, -0.2) is 9.59 Å². The van der Waals surface area contributed by atoms with Crippen LogP contribution in [0.3, 0.4) is 0 Å². The summed E-state index contributed by atoms with van der Waals surface area (Å²) in [6.45, 7) is 0. The molecule has 1 saturated heterocycles. The van der Waals surface area contributed by atoms with E-state index in [0.29, 0.717) is 9.79 Å². The number of carbonyl (C=O) groups is 3. The number of aromatic hydroxyl groups is 2. The van der Waals surface area contributed by atoms with Gasteiger partial charge in [-0.3, -0.25) is 4.79 Å². The summed E-state index contributed by atoms with van der Waals surface area (Å²) in [6, 6.07) is 2.22. The molecule has 1 aromatic heterocycles. The van der Waals surface area contributed by atoms with Gasteiger partial charge >= 0.3 is 11.9 Å². The maximum absolute atomic E-state index is 11.5. The summed E-state index contributed by atoms with van der Waals surface area (Å²) >= 11 is 0. The van der Waals surface area contributed by atoms with E-state index >= 15 is 0 Å². The highest BCUT2D eigenvalue weighted by Gasteiger charge is 2.33. The molecular formula is C12H14N2O8. The highest BCUT2D eigenvalue weighted by Crippen LogP contribution is 2.19. The van der Waals surface area contributed by atoms with Crippen molar-refractivity contribution in [2.45, 2.75) is 31.9 Å². The van der Waals surface area contributed by atoms with Gasteiger partial charge in [-0.15, -0.1) is 9.79 Å². The number of hydrogen-bond acceptors (Lipinski definition) is 8. The highest BCUT2D eigenvalue weighted by atomic mass is 16.7. The molecule has 10 nitrogen and oxygen atoms in total. The first kappa shape index (κ1) is 15.6. The standard InChI is InChI=1S/C12H14N2O8/c15-7-1-2-8(16)13(7)21-11(19)5-6-12(20)22-14-9(17)3-4-10(14)18/h1-2,9,15-17H,3-6H2. The number of hydroxylamine groups is 2. The van der Waals surface area contributed by atoms with Gasteiger partial charge in [-0.2, -0.15) is 0 Å². The first-order valence-electron chi connectivity index (χ1n) is 6.40. The number of aliphatic hydroxyl groups excluding tert-OH is 1. The summed E-state index contributed by atoms with van der Waals surface area (Å²) < 4.78 is 0.488. The number of aromatic nitrogens is 1. The summed E-state index contributed by atoms with van der Waals surface area (Å²) in [7, 11) is 0. The molecule has 0 radical (unpaired) electrons. The molecule has 120 valence electrons. The molecule has 1 aromatic rings. The minimum Gasteiger partial charge on any atom is -0.492 e. The zero-order valence-corrected chi connectivity index (χ0v) is 11.3. The van der Waals surface area contributed by atoms with Gasteiger partial charge in [0.2, 0.25) is 11.8 Å². The van der Waals surface area contributed by atoms with E-state index in [1.54, 1.807) is 0 Å². The summed E-state index contributed by atoms with van der Waals surface area (Å²) in [4.78, 5) is 43.5. The Labute approximate surface area is 124 Å². The van der Waals surface area contributed by atoms with Crippen LogP contribution in [0.2, 0.25) is 0 Å². The summed E-state index contributed by atoms with van der Waals surface area (Å²) in [6.07, 6.45) is -1.76. The fourth-order valence-electron chi connectivity index (χ4n) is 1.76. The maximum Gasteiger partial charge on any atom is 0.333 e. The van der Waals surface area contributed by atoms with E-state index in [2.05, 4.69) is 9.68 Å². The van der Waals surface area contributed by atoms with E-state index in [9.17, 15) is 29.7 Å². The molecule has 1 unspecified atom stereocenters. The molecule has 1 aliphatic rings. The topological polar surface area (TPSA) is 139 Å². The molecule has 0 saturated carbocycles. The summed E-state index contributed by atoms with van der Waals surface area (Å²) in [5.74, 6) is -3.30. The van der Waals surface area contributed by atoms with Crippen molar-refractivity contribution in [3.8, 4) is 11.8 Å². The molecule has 1 atom stereocenters. The second kappa shape index (κ2) is 6.35. The molecule has 10 heteroatoms. The van der Waals surface area contributed by atoms with Gasteiger partial charge in [-0.05, 0) is 0 Å². The molecule has 2 rings (SSSR count). The minimum absolute atomic E-state index is 0.0721. The third kappa shape index (κ3) is 3.47. The van der Waals surface area contributed by atoms with Crippen molar-refractivity contribution < 1.29 is 39.4 Å². The van der Waals surface area contributed by atoms with E-state index in [1.165, 1.54) is 0 Å². The Hall–Kier alpha value is -2.75. The molecule has 0 aliphatic carbocycles. The van der Waals surface area contributed by atoms with E-state index in [4.69, 9.17) is 0 Å². The second-order valence-corrected chi connectivity index (χ2v) is 4.51. The molecule has 0 bridgehead atoms. The van der Waals surface area contributed by atoms with Crippen molar-refractivity contribution in [3.63, 3.8) is 0 Å². The predicted octanol–water partition coefficient (Wildman–Crippen LogP) is -0.966. The fourth-order valence-corrected chi connectivity index (χ4v) is 1.76. The van der Waals surface area contributed by atoms with Crippen LogP contribution in [0, 0.1) is 0 Å². The van der Waals surface area contributed by atoms with Crippen molar-refractivity contribution in [2.75, 3.05) is 0 Å². The number of rotatable bonds is 5. The van der Waals surface area contributed by atoms with Gasteiger partial charge in [-0.1, -0.05) is 0 Å². The van der Waals surface area contributed by atoms with Crippen LogP contribution in [0.25, 0.3) is 0 Å². The van der Waals surface area contributed by atoms with Crippen molar-refractivity contribution in [3.05, 3.63) is 12.1 Å². The quantitative estimate of drug-likeness (QED) is 0.631. The SMILES string of the molecule is O=C(CCC(=O)On1c(O)ccc1O)ON1C(=O)CCC1O. The van der Waals surface area contributed by atoms with Crippen molar-refractivity contribution in [1.82, 2.24) is 9.79 Å². The number of amides is 1. The normalized spacial score (nSPS) is 17.6. The summed E-state index contributed by atoms with van der Waals surface area (Å²) in [5, 5.41) is 28.5. The molecule has 22 heavy (non-hydrogen) atoms. The van der Waals surface area contributed by atoms with Crippen LogP contribution in [0.1, 0.15) is 25.7 Å². The van der Waals surface area contributed by atoms with Crippen LogP contribution in [0.15, 0.2) is 12.1 Å². The Bertz CT molecular complexity index is 576. The Kier molecular flexibility index (Phi) is 4.51. The molecule has 1 fully saturated rings. The van der Waals surface area contributed by atoms with Crippen molar-refractivity contribution >= 4 is 17.8 Å². The number of aliphatic hydroxyl groups is 1. The number of hydrogen-bond donors (Lipinski definition) is 3. The van der Waals surface area contributed by atoms with Crippen LogP contribution >= 0.6 is 0 Å². The van der Waals surface area contributed by atoms with Crippen LogP contribution in [0.5, 0.6) is 11.8 Å². The molecular weight excluding hydrogens is 300 g/mol. The third-order valence-electron chi connectivity index (χ3n) is 2.86. The first-order valence-corrected chi connectivity index (χ1v) is 6.40. The summed E-state index contributed by atoms with van der Waals surface area (Å²) in [5.41, 5.74) is 0. The molecule has 0 spiro atoms. The van der Waals surface area contributed by atoms with Gasteiger partial charge in [0.15, 0.2) is 6.23 Å². The van der Waals surface area contributed by atoms with E-state index in [0.717, 1.165) is 12.1 Å². The lowest BCUT2D eigenvalue weighted by molar-refractivity contribution is -0.220. The zero-order chi connectivity index (χ0) is 16.3. The average molecular weight is 314 g/mol. The zero-order valence-electron chi connectivity index (χ0n) is 11.3. The van der Waals surface area contributed by atoms with Crippen molar-refractivity contribution in [1.29, 1.82) is 0 Å². The van der Waals surface area contributed by atoms with E-state index in [1.807, 2.05) is 0 Å². The predicted molar refractivity (Wildman–Crippen MR) is 66.8 cm³/mol. The van der Waals surface area contributed by atoms with Gasteiger partial charge in [0.1, 0.15) is 0 Å². The Morgan fingerprint density at radius 3 is 2.18 bits per heavy atom. The molecule has 2 heterocycles. The van der Waals surface area contributed by atoms with Crippen LogP contribution in [-0.2, 0) is 19.2 Å². The number of carbonyl (C=O) groups excluding carboxylic acids is 3. The lowest BCUT2D eigenvalue weighted by Gasteiger charge is -2.18. The molecule has 3 N–H and O–H groups in total. The van der Waals surface area contributed by atoms with Gasteiger partial charge in [0, 0.05) is 25.0 Å². The number of nitrogens with zero attached hydrogens (tertiary/aromatic N) is 2. The van der Waals surface area contributed by atoms with Gasteiger partial charge in [0.25, 0.3) is 5.91 Å². The second-order valence-electron chi connectivity index (χ2n) is 4.51. The fraction of sp³-hybridized carbons (Fsp3) is 0.417. The van der Waals surface area contributed by atoms with Crippen LogP contribution < -0.4 is 4.84 Å². The Morgan fingerprint density at radius 2 is 1.68 bits per heavy atom. The Morgan fingerprint density at radius 1 is 1.14 bits per heavy atom. The minimum atomic E-state index is -1.18. The maximum atomic E-state index is 11.5.